The van der Waals surface area contributed by atoms with Gasteiger partial charge in [0.1, 0.15) is 5.69 Å². The lowest BCUT2D eigenvalue weighted by Gasteiger charge is -2.02. The molecule has 1 heterocycles. The number of benzene rings is 1. The smallest absolute Gasteiger partial charge is 0.258 e. The summed E-state index contributed by atoms with van der Waals surface area (Å²) >= 11 is 5.61. The molecule has 0 fully saturated rings. The molecule has 7 heteroatoms. The van der Waals surface area contributed by atoms with Crippen molar-refractivity contribution < 1.29 is 4.92 Å². The molecule has 0 spiro atoms. The highest BCUT2D eigenvalue weighted by Gasteiger charge is 2.16. The first-order valence-corrected chi connectivity index (χ1v) is 5.88. The minimum Gasteiger partial charge on any atom is -0.258 e. The van der Waals surface area contributed by atoms with Crippen LogP contribution in [0.1, 0.15) is 11.3 Å². The Labute approximate surface area is 108 Å². The predicted octanol–water partition coefficient (Wildman–Crippen LogP) is 2.27. The molecular formula is C11H11ClN4O2. The second kappa shape index (κ2) is 5.14. The fraction of sp³-hybridized carbons (Fsp3) is 0.273. The van der Waals surface area contributed by atoms with E-state index in [-0.39, 0.29) is 5.69 Å². The van der Waals surface area contributed by atoms with Gasteiger partial charge in [-0.3, -0.25) is 10.1 Å². The van der Waals surface area contributed by atoms with Crippen LogP contribution in [0.2, 0.25) is 0 Å². The SMILES string of the molecule is Cc1ccc([N+](=O)[O-])c(-n2cc(CCCl)nn2)c1. The fourth-order valence-electron chi connectivity index (χ4n) is 1.60. The van der Waals surface area contributed by atoms with E-state index in [1.54, 1.807) is 18.3 Å². The van der Waals surface area contributed by atoms with Crippen LogP contribution in [0.3, 0.4) is 0 Å². The number of hydrogen-bond acceptors (Lipinski definition) is 4. The first-order chi connectivity index (χ1) is 8.61. The number of hydrogen-bond donors (Lipinski definition) is 0. The lowest BCUT2D eigenvalue weighted by Crippen LogP contribution is -2.01. The van der Waals surface area contributed by atoms with Crippen molar-refractivity contribution in [2.75, 3.05) is 5.88 Å². The lowest BCUT2D eigenvalue weighted by molar-refractivity contribution is -0.384. The van der Waals surface area contributed by atoms with Crippen LogP contribution in [0.4, 0.5) is 5.69 Å². The molecule has 2 rings (SSSR count). The van der Waals surface area contributed by atoms with E-state index in [1.165, 1.54) is 10.7 Å². The quantitative estimate of drug-likeness (QED) is 0.483. The van der Waals surface area contributed by atoms with E-state index >= 15 is 0 Å². The first kappa shape index (κ1) is 12.5. The summed E-state index contributed by atoms with van der Waals surface area (Å²) in [4.78, 5) is 10.5. The Morgan fingerprint density at radius 2 is 2.28 bits per heavy atom. The van der Waals surface area contributed by atoms with Crippen molar-refractivity contribution in [3.63, 3.8) is 0 Å². The zero-order valence-electron chi connectivity index (χ0n) is 9.71. The van der Waals surface area contributed by atoms with Gasteiger partial charge in [0, 0.05) is 18.4 Å². The third-order valence-corrected chi connectivity index (χ3v) is 2.65. The van der Waals surface area contributed by atoms with Crippen LogP contribution in [-0.4, -0.2) is 25.8 Å². The second-order valence-corrected chi connectivity index (χ2v) is 4.22. The maximum atomic E-state index is 11.0. The Morgan fingerprint density at radius 3 is 2.94 bits per heavy atom. The molecule has 18 heavy (non-hydrogen) atoms. The van der Waals surface area contributed by atoms with Gasteiger partial charge in [0.15, 0.2) is 0 Å². The maximum Gasteiger partial charge on any atom is 0.294 e. The summed E-state index contributed by atoms with van der Waals surface area (Å²) in [5.74, 6) is 0.439. The number of rotatable bonds is 4. The average molecular weight is 267 g/mol. The highest BCUT2D eigenvalue weighted by atomic mass is 35.5. The van der Waals surface area contributed by atoms with Gasteiger partial charge in [0.05, 0.1) is 16.8 Å². The van der Waals surface area contributed by atoms with Gasteiger partial charge in [0.25, 0.3) is 5.69 Å². The Balaban J connectivity index is 2.47. The number of halogens is 1. The monoisotopic (exact) mass is 266 g/mol. The van der Waals surface area contributed by atoms with E-state index in [9.17, 15) is 10.1 Å². The molecule has 0 saturated heterocycles. The minimum absolute atomic E-state index is 0.00271. The number of nitro benzene ring substituents is 1. The molecule has 0 saturated carbocycles. The van der Waals surface area contributed by atoms with Gasteiger partial charge in [-0.25, -0.2) is 4.68 Å². The van der Waals surface area contributed by atoms with Crippen molar-refractivity contribution in [3.8, 4) is 5.69 Å². The Kier molecular flexibility index (Phi) is 3.57. The number of nitrogens with zero attached hydrogens (tertiary/aromatic N) is 4. The normalized spacial score (nSPS) is 10.6. The molecule has 94 valence electrons. The second-order valence-electron chi connectivity index (χ2n) is 3.84. The third-order valence-electron chi connectivity index (χ3n) is 2.47. The van der Waals surface area contributed by atoms with Crippen molar-refractivity contribution in [3.05, 3.63) is 45.8 Å². The topological polar surface area (TPSA) is 73.8 Å². The summed E-state index contributed by atoms with van der Waals surface area (Å²) in [6, 6.07) is 4.86. The van der Waals surface area contributed by atoms with E-state index in [0.717, 1.165) is 5.56 Å². The molecule has 0 bridgehead atoms. The van der Waals surface area contributed by atoms with Gasteiger partial charge < -0.3 is 0 Å². The zero-order valence-corrected chi connectivity index (χ0v) is 10.5. The Hall–Kier alpha value is -1.95. The summed E-state index contributed by atoms with van der Waals surface area (Å²) in [7, 11) is 0. The van der Waals surface area contributed by atoms with E-state index in [0.29, 0.717) is 23.7 Å². The van der Waals surface area contributed by atoms with E-state index < -0.39 is 4.92 Å². The van der Waals surface area contributed by atoms with Crippen LogP contribution in [0.25, 0.3) is 5.69 Å². The summed E-state index contributed by atoms with van der Waals surface area (Å²) in [6.07, 6.45) is 2.24. The Morgan fingerprint density at radius 1 is 1.50 bits per heavy atom. The van der Waals surface area contributed by atoms with Crippen LogP contribution < -0.4 is 0 Å². The maximum absolute atomic E-state index is 11.0. The van der Waals surface area contributed by atoms with Crippen molar-refractivity contribution in [2.24, 2.45) is 0 Å². The summed E-state index contributed by atoms with van der Waals surface area (Å²) < 4.78 is 1.41. The molecule has 6 nitrogen and oxygen atoms in total. The highest BCUT2D eigenvalue weighted by Crippen LogP contribution is 2.23. The van der Waals surface area contributed by atoms with Crippen LogP contribution in [0.5, 0.6) is 0 Å². The van der Waals surface area contributed by atoms with Crippen molar-refractivity contribution in [1.82, 2.24) is 15.0 Å². The molecule has 1 aromatic carbocycles. The first-order valence-electron chi connectivity index (χ1n) is 5.34. The molecule has 0 atom stereocenters. The standard InChI is InChI=1S/C11H11ClN4O2/c1-8-2-3-10(16(17)18)11(6-8)15-7-9(4-5-12)13-14-15/h2-3,6-7H,4-5H2,1H3. The van der Waals surface area contributed by atoms with Crippen LogP contribution in [0.15, 0.2) is 24.4 Å². The third kappa shape index (κ3) is 2.48. The van der Waals surface area contributed by atoms with Gasteiger partial charge in [-0.2, -0.15) is 0 Å². The Bertz CT molecular complexity index is 582. The van der Waals surface area contributed by atoms with Crippen molar-refractivity contribution in [2.45, 2.75) is 13.3 Å². The summed E-state index contributed by atoms with van der Waals surface area (Å²) in [5, 5.41) is 18.8. The molecule has 0 aliphatic rings. The molecular weight excluding hydrogens is 256 g/mol. The van der Waals surface area contributed by atoms with Crippen LogP contribution >= 0.6 is 11.6 Å². The molecule has 0 amide bonds. The van der Waals surface area contributed by atoms with Gasteiger partial charge in [0.2, 0.25) is 0 Å². The van der Waals surface area contributed by atoms with E-state index in [1.807, 2.05) is 6.92 Å². The van der Waals surface area contributed by atoms with Gasteiger partial charge in [-0.05, 0) is 18.6 Å². The van der Waals surface area contributed by atoms with E-state index in [2.05, 4.69) is 10.3 Å². The fourth-order valence-corrected chi connectivity index (χ4v) is 1.79. The van der Waals surface area contributed by atoms with E-state index in [4.69, 9.17) is 11.6 Å². The minimum atomic E-state index is -0.433. The van der Waals surface area contributed by atoms with Gasteiger partial charge >= 0.3 is 0 Å². The molecule has 1 aromatic heterocycles. The highest BCUT2D eigenvalue weighted by molar-refractivity contribution is 6.17. The average Bonchev–Trinajstić information content (AvgIpc) is 2.77. The number of alkyl halides is 1. The van der Waals surface area contributed by atoms with Gasteiger partial charge in [-0.15, -0.1) is 16.7 Å². The van der Waals surface area contributed by atoms with Gasteiger partial charge in [-0.1, -0.05) is 11.3 Å². The summed E-state index contributed by atoms with van der Waals surface area (Å²) in [5.41, 5.74) is 2.04. The van der Waals surface area contributed by atoms with Crippen molar-refractivity contribution in [1.29, 1.82) is 0 Å². The predicted molar refractivity (Wildman–Crippen MR) is 67.2 cm³/mol. The number of aryl methyl sites for hydroxylation is 2. The van der Waals surface area contributed by atoms with Crippen LogP contribution in [-0.2, 0) is 6.42 Å². The zero-order chi connectivity index (χ0) is 13.1. The van der Waals surface area contributed by atoms with Crippen LogP contribution in [0, 0.1) is 17.0 Å². The molecule has 2 aromatic rings. The molecule has 0 aliphatic carbocycles. The number of aromatic nitrogens is 3. The summed E-state index contributed by atoms with van der Waals surface area (Å²) in [6.45, 7) is 1.86. The molecule has 0 unspecified atom stereocenters. The molecule has 0 radical (unpaired) electrons. The lowest BCUT2D eigenvalue weighted by atomic mass is 10.2. The number of nitro groups is 1. The van der Waals surface area contributed by atoms with Crippen molar-refractivity contribution >= 4 is 17.3 Å². The molecule has 0 N–H and O–H groups in total. The molecule has 0 aliphatic heterocycles. The largest absolute Gasteiger partial charge is 0.294 e.